The van der Waals surface area contributed by atoms with E-state index < -0.39 is 0 Å². The number of nitrogens with one attached hydrogen (secondary N) is 1. The van der Waals surface area contributed by atoms with Crippen LogP contribution >= 0.6 is 11.3 Å². The number of rotatable bonds is 4. The van der Waals surface area contributed by atoms with Gasteiger partial charge in [0.15, 0.2) is 23.2 Å². The predicted molar refractivity (Wildman–Crippen MR) is 109 cm³/mol. The zero-order valence-corrected chi connectivity index (χ0v) is 15.6. The second kappa shape index (κ2) is 7.01. The van der Waals surface area contributed by atoms with E-state index in [0.717, 1.165) is 21.0 Å². The third-order valence-corrected chi connectivity index (χ3v) is 5.32. The Balaban J connectivity index is 1.27. The van der Waals surface area contributed by atoms with E-state index in [4.69, 9.17) is 14.2 Å². The molecule has 0 radical (unpaired) electrons. The predicted octanol–water partition coefficient (Wildman–Crippen LogP) is 4.24. The summed E-state index contributed by atoms with van der Waals surface area (Å²) >= 11 is 1.39. The lowest BCUT2D eigenvalue weighted by atomic mass is 10.1. The number of hydrogen-bond donors (Lipinski definition) is 1. The van der Waals surface area contributed by atoms with Crippen molar-refractivity contribution in [3.05, 3.63) is 54.6 Å². The number of hydrogen-bond acceptors (Lipinski definition) is 6. The maximum absolute atomic E-state index is 12.3. The van der Waals surface area contributed by atoms with E-state index in [-0.39, 0.29) is 12.5 Å². The fraction of sp³-hybridized carbons (Fsp3) is 0.143. The minimum Gasteiger partial charge on any atom is -0.486 e. The lowest BCUT2D eigenvalue weighted by Crippen LogP contribution is -2.19. The lowest BCUT2D eigenvalue weighted by Gasteiger charge is -2.17. The van der Waals surface area contributed by atoms with Gasteiger partial charge in [-0.05, 0) is 22.9 Å². The number of anilines is 1. The van der Waals surface area contributed by atoms with Crippen LogP contribution in [0.4, 0.5) is 5.13 Å². The number of ether oxygens (including phenoxy) is 3. The fourth-order valence-corrected chi connectivity index (χ4v) is 3.97. The molecule has 2 heterocycles. The van der Waals surface area contributed by atoms with Gasteiger partial charge in [-0.2, -0.15) is 0 Å². The third-order valence-electron chi connectivity index (χ3n) is 4.39. The second-order valence-corrected chi connectivity index (χ2v) is 7.36. The van der Waals surface area contributed by atoms with Crippen LogP contribution < -0.4 is 19.5 Å². The van der Waals surface area contributed by atoms with Crippen molar-refractivity contribution < 1.29 is 19.0 Å². The van der Waals surface area contributed by atoms with Gasteiger partial charge in [0.25, 0.3) is 5.91 Å². The summed E-state index contributed by atoms with van der Waals surface area (Å²) in [5.74, 6) is 1.78. The minimum atomic E-state index is -0.260. The molecule has 1 aliphatic rings. The molecule has 6 nitrogen and oxygen atoms in total. The largest absolute Gasteiger partial charge is 0.486 e. The molecule has 1 aliphatic heterocycles. The van der Waals surface area contributed by atoms with Crippen LogP contribution in [0, 0.1) is 0 Å². The van der Waals surface area contributed by atoms with Crippen molar-refractivity contribution in [3.8, 4) is 17.2 Å². The first-order valence-corrected chi connectivity index (χ1v) is 9.68. The quantitative estimate of drug-likeness (QED) is 0.563. The lowest BCUT2D eigenvalue weighted by molar-refractivity contribution is -0.118. The van der Waals surface area contributed by atoms with Gasteiger partial charge in [0.2, 0.25) is 0 Å². The number of thiazole rings is 1. The summed E-state index contributed by atoms with van der Waals surface area (Å²) in [5.41, 5.74) is 0.764. The summed E-state index contributed by atoms with van der Waals surface area (Å²) in [5, 5.41) is 5.51. The van der Waals surface area contributed by atoms with Gasteiger partial charge in [-0.15, -0.1) is 0 Å². The molecule has 0 fully saturated rings. The molecule has 0 atom stereocenters. The zero-order valence-electron chi connectivity index (χ0n) is 14.8. The summed E-state index contributed by atoms with van der Waals surface area (Å²) in [6, 6.07) is 17.5. The van der Waals surface area contributed by atoms with Crippen molar-refractivity contribution in [3.63, 3.8) is 0 Å². The number of amides is 1. The molecule has 3 aromatic carbocycles. The molecule has 0 saturated heterocycles. The molecule has 0 unspecified atom stereocenters. The molecule has 1 N–H and O–H groups in total. The van der Waals surface area contributed by atoms with Gasteiger partial charge in [0, 0.05) is 12.1 Å². The number of carbonyl (C=O) groups excluding carboxylic acids is 1. The van der Waals surface area contributed by atoms with Gasteiger partial charge < -0.3 is 14.2 Å². The zero-order chi connectivity index (χ0) is 18.9. The highest BCUT2D eigenvalue weighted by Crippen LogP contribution is 2.37. The van der Waals surface area contributed by atoms with E-state index in [2.05, 4.69) is 10.3 Å². The smallest absolute Gasteiger partial charge is 0.264 e. The third kappa shape index (κ3) is 3.32. The van der Waals surface area contributed by atoms with Crippen LogP contribution in [0.25, 0.3) is 21.0 Å². The van der Waals surface area contributed by atoms with Crippen LogP contribution in [0.1, 0.15) is 0 Å². The molecule has 4 aromatic rings. The maximum Gasteiger partial charge on any atom is 0.264 e. The Morgan fingerprint density at radius 2 is 1.82 bits per heavy atom. The van der Waals surface area contributed by atoms with Crippen molar-refractivity contribution in [2.45, 2.75) is 0 Å². The topological polar surface area (TPSA) is 69.7 Å². The van der Waals surface area contributed by atoms with Crippen molar-refractivity contribution >= 4 is 43.4 Å². The Hall–Kier alpha value is -3.32. The Labute approximate surface area is 164 Å². The summed E-state index contributed by atoms with van der Waals surface area (Å²) in [4.78, 5) is 16.7. The van der Waals surface area contributed by atoms with E-state index in [0.29, 0.717) is 35.6 Å². The van der Waals surface area contributed by atoms with Gasteiger partial charge in [0.05, 0.1) is 10.2 Å². The first-order valence-electron chi connectivity index (χ1n) is 8.86. The summed E-state index contributed by atoms with van der Waals surface area (Å²) < 4.78 is 17.7. The molecule has 0 saturated carbocycles. The average molecular weight is 392 g/mol. The molecule has 0 bridgehead atoms. The Morgan fingerprint density at radius 3 is 2.68 bits per heavy atom. The molecule has 28 heavy (non-hydrogen) atoms. The SMILES string of the molecule is O=C(COc1ccc2ccccc2c1)Nc1nc2cc3c(cc2s1)OCCO3. The van der Waals surface area contributed by atoms with Crippen LogP contribution in [0.15, 0.2) is 54.6 Å². The minimum absolute atomic E-state index is 0.0863. The fourth-order valence-electron chi connectivity index (χ4n) is 3.08. The number of nitrogens with zero attached hydrogens (tertiary/aromatic N) is 1. The molecule has 1 aromatic heterocycles. The second-order valence-electron chi connectivity index (χ2n) is 6.33. The molecular formula is C21H16N2O4S. The Bertz CT molecular complexity index is 1140. The van der Waals surface area contributed by atoms with E-state index in [1.54, 1.807) is 0 Å². The van der Waals surface area contributed by atoms with E-state index in [1.807, 2.05) is 54.6 Å². The van der Waals surface area contributed by atoms with Crippen LogP contribution in [-0.4, -0.2) is 30.7 Å². The van der Waals surface area contributed by atoms with E-state index >= 15 is 0 Å². The number of aromatic nitrogens is 1. The van der Waals surface area contributed by atoms with Crippen LogP contribution in [-0.2, 0) is 4.79 Å². The van der Waals surface area contributed by atoms with Crippen molar-refractivity contribution in [2.24, 2.45) is 0 Å². The van der Waals surface area contributed by atoms with Crippen molar-refractivity contribution in [2.75, 3.05) is 25.1 Å². The summed E-state index contributed by atoms with van der Waals surface area (Å²) in [7, 11) is 0. The van der Waals surface area contributed by atoms with Crippen molar-refractivity contribution in [1.82, 2.24) is 4.98 Å². The van der Waals surface area contributed by atoms with E-state index in [1.165, 1.54) is 11.3 Å². The van der Waals surface area contributed by atoms with Gasteiger partial charge in [-0.1, -0.05) is 41.7 Å². The monoisotopic (exact) mass is 392 g/mol. The molecule has 0 aliphatic carbocycles. The standard InChI is InChI=1S/C21H16N2O4S/c24-20(12-27-15-6-5-13-3-1-2-4-14(13)9-15)23-21-22-16-10-17-18(11-19(16)28-21)26-8-7-25-17/h1-6,9-11H,7-8,12H2,(H,22,23,24). The van der Waals surface area contributed by atoms with Gasteiger partial charge in [-0.25, -0.2) is 4.98 Å². The highest BCUT2D eigenvalue weighted by Gasteiger charge is 2.16. The van der Waals surface area contributed by atoms with Gasteiger partial charge in [-0.3, -0.25) is 10.1 Å². The highest BCUT2D eigenvalue weighted by atomic mass is 32.1. The average Bonchev–Trinajstić information content (AvgIpc) is 3.11. The number of carbonyl (C=O) groups is 1. The van der Waals surface area contributed by atoms with Gasteiger partial charge >= 0.3 is 0 Å². The number of benzene rings is 3. The molecule has 140 valence electrons. The number of fused-ring (bicyclic) bond motifs is 3. The molecule has 0 spiro atoms. The van der Waals surface area contributed by atoms with Crippen molar-refractivity contribution in [1.29, 1.82) is 0 Å². The first-order chi connectivity index (χ1) is 13.7. The summed E-state index contributed by atoms with van der Waals surface area (Å²) in [6.07, 6.45) is 0. The van der Waals surface area contributed by atoms with E-state index in [9.17, 15) is 4.79 Å². The molecule has 7 heteroatoms. The Morgan fingerprint density at radius 1 is 1.04 bits per heavy atom. The normalized spacial score (nSPS) is 12.9. The maximum atomic E-state index is 12.3. The highest BCUT2D eigenvalue weighted by molar-refractivity contribution is 7.22. The molecule has 5 rings (SSSR count). The van der Waals surface area contributed by atoms with Crippen LogP contribution in [0.2, 0.25) is 0 Å². The van der Waals surface area contributed by atoms with Crippen LogP contribution in [0.5, 0.6) is 17.2 Å². The molecular weight excluding hydrogens is 376 g/mol. The first kappa shape index (κ1) is 16.8. The molecule has 1 amide bonds. The van der Waals surface area contributed by atoms with Crippen LogP contribution in [0.3, 0.4) is 0 Å². The van der Waals surface area contributed by atoms with Gasteiger partial charge in [0.1, 0.15) is 19.0 Å². The Kier molecular flexibility index (Phi) is 4.21. The summed E-state index contributed by atoms with van der Waals surface area (Å²) in [6.45, 7) is 0.975.